The second-order valence-electron chi connectivity index (χ2n) is 6.25. The summed E-state index contributed by atoms with van der Waals surface area (Å²) in [7, 11) is 0. The lowest BCUT2D eigenvalue weighted by Gasteiger charge is -2.29. The number of hydrogen-bond donors (Lipinski definition) is 0. The summed E-state index contributed by atoms with van der Waals surface area (Å²) < 4.78 is 6.91. The maximum Gasteiger partial charge on any atom is 0.307 e. The standard InChI is InChI=1S/C16H27N3O3/c1-5-22-14(20)7-11-19(15(21)16(2,3)4)10-6-9-18-12-8-17-13-18/h8,12-13H,5-7,9-11H2,1-4H3. The number of carbonyl (C=O) groups excluding carboxylic acids is 2. The molecule has 1 heterocycles. The van der Waals surface area contributed by atoms with Crippen LogP contribution in [0.3, 0.4) is 0 Å². The summed E-state index contributed by atoms with van der Waals surface area (Å²) in [5.41, 5.74) is -0.455. The van der Waals surface area contributed by atoms with Crippen LogP contribution in [0.4, 0.5) is 0 Å². The van der Waals surface area contributed by atoms with Gasteiger partial charge in [0.1, 0.15) is 0 Å². The van der Waals surface area contributed by atoms with Crippen molar-refractivity contribution in [1.29, 1.82) is 0 Å². The van der Waals surface area contributed by atoms with Crippen molar-refractivity contribution in [3.8, 4) is 0 Å². The minimum Gasteiger partial charge on any atom is -0.466 e. The first-order valence-corrected chi connectivity index (χ1v) is 7.75. The molecular formula is C16H27N3O3. The van der Waals surface area contributed by atoms with Gasteiger partial charge in [0.05, 0.1) is 19.4 Å². The average Bonchev–Trinajstić information content (AvgIpc) is 2.94. The van der Waals surface area contributed by atoms with Crippen LogP contribution in [0.15, 0.2) is 18.7 Å². The Morgan fingerprint density at radius 2 is 2.00 bits per heavy atom. The monoisotopic (exact) mass is 309 g/mol. The van der Waals surface area contributed by atoms with Gasteiger partial charge in [0.15, 0.2) is 0 Å². The molecule has 1 aromatic heterocycles. The molecule has 124 valence electrons. The van der Waals surface area contributed by atoms with Gasteiger partial charge in [-0.2, -0.15) is 0 Å². The van der Waals surface area contributed by atoms with E-state index in [0.29, 0.717) is 19.7 Å². The summed E-state index contributed by atoms with van der Waals surface area (Å²) >= 11 is 0. The molecule has 0 atom stereocenters. The molecule has 0 aliphatic rings. The number of carbonyl (C=O) groups is 2. The predicted molar refractivity (Wildman–Crippen MR) is 84.1 cm³/mol. The second kappa shape index (κ2) is 8.56. The van der Waals surface area contributed by atoms with E-state index in [9.17, 15) is 9.59 Å². The van der Waals surface area contributed by atoms with E-state index in [1.165, 1.54) is 0 Å². The van der Waals surface area contributed by atoms with Crippen LogP contribution in [0.1, 0.15) is 40.5 Å². The molecule has 0 saturated carbocycles. The largest absolute Gasteiger partial charge is 0.466 e. The third-order valence-corrected chi connectivity index (χ3v) is 3.22. The van der Waals surface area contributed by atoms with Crippen molar-refractivity contribution in [2.75, 3.05) is 19.7 Å². The van der Waals surface area contributed by atoms with Gasteiger partial charge in [0.25, 0.3) is 0 Å². The van der Waals surface area contributed by atoms with Gasteiger partial charge in [-0.05, 0) is 13.3 Å². The van der Waals surface area contributed by atoms with Gasteiger partial charge in [-0.25, -0.2) is 4.98 Å². The van der Waals surface area contributed by atoms with Crippen LogP contribution >= 0.6 is 0 Å². The van der Waals surface area contributed by atoms with Crippen molar-refractivity contribution in [2.24, 2.45) is 5.41 Å². The minimum absolute atomic E-state index is 0.0578. The first-order chi connectivity index (χ1) is 10.3. The Balaban J connectivity index is 2.53. The van der Waals surface area contributed by atoms with Crippen LogP contribution in [-0.2, 0) is 20.9 Å². The second-order valence-corrected chi connectivity index (χ2v) is 6.25. The zero-order valence-corrected chi connectivity index (χ0v) is 14.0. The van der Waals surface area contributed by atoms with Gasteiger partial charge >= 0.3 is 5.97 Å². The third-order valence-electron chi connectivity index (χ3n) is 3.22. The summed E-state index contributed by atoms with van der Waals surface area (Å²) in [5, 5.41) is 0. The van der Waals surface area contributed by atoms with E-state index in [1.54, 1.807) is 24.3 Å². The van der Waals surface area contributed by atoms with Crippen LogP contribution in [0, 0.1) is 5.41 Å². The van der Waals surface area contributed by atoms with E-state index < -0.39 is 5.41 Å². The van der Waals surface area contributed by atoms with Gasteiger partial charge < -0.3 is 14.2 Å². The van der Waals surface area contributed by atoms with Crippen molar-refractivity contribution in [1.82, 2.24) is 14.5 Å². The Labute approximate surface area is 132 Å². The normalized spacial score (nSPS) is 11.3. The average molecular weight is 309 g/mol. The molecule has 0 fully saturated rings. The molecule has 0 aromatic carbocycles. The molecule has 22 heavy (non-hydrogen) atoms. The van der Waals surface area contributed by atoms with E-state index in [4.69, 9.17) is 4.74 Å². The molecule has 0 bridgehead atoms. The Kier molecular flexibility index (Phi) is 7.08. The fraction of sp³-hybridized carbons (Fsp3) is 0.688. The number of nitrogens with zero attached hydrogens (tertiary/aromatic N) is 3. The molecule has 1 amide bonds. The molecule has 0 saturated heterocycles. The lowest BCUT2D eigenvalue weighted by Crippen LogP contribution is -2.41. The highest BCUT2D eigenvalue weighted by atomic mass is 16.5. The van der Waals surface area contributed by atoms with Crippen LogP contribution < -0.4 is 0 Å². The smallest absolute Gasteiger partial charge is 0.307 e. The number of esters is 1. The molecule has 0 radical (unpaired) electrons. The zero-order valence-electron chi connectivity index (χ0n) is 14.0. The molecule has 0 N–H and O–H groups in total. The predicted octanol–water partition coefficient (Wildman–Crippen LogP) is 2.10. The number of ether oxygens (including phenoxy) is 1. The quantitative estimate of drug-likeness (QED) is 0.690. The van der Waals surface area contributed by atoms with E-state index in [-0.39, 0.29) is 18.3 Å². The maximum absolute atomic E-state index is 12.5. The van der Waals surface area contributed by atoms with Crippen molar-refractivity contribution >= 4 is 11.9 Å². The van der Waals surface area contributed by atoms with Crippen molar-refractivity contribution in [3.05, 3.63) is 18.7 Å². The van der Waals surface area contributed by atoms with Crippen LogP contribution in [0.25, 0.3) is 0 Å². The summed E-state index contributed by atoms with van der Waals surface area (Å²) in [6.07, 6.45) is 6.45. The van der Waals surface area contributed by atoms with Gasteiger partial charge in [-0.15, -0.1) is 0 Å². The Morgan fingerprint density at radius 3 is 2.55 bits per heavy atom. The van der Waals surface area contributed by atoms with Gasteiger partial charge in [-0.3, -0.25) is 9.59 Å². The number of rotatable bonds is 8. The first-order valence-electron chi connectivity index (χ1n) is 7.75. The first kappa shape index (κ1) is 18.2. The van der Waals surface area contributed by atoms with Gasteiger partial charge in [0.2, 0.25) is 5.91 Å². The van der Waals surface area contributed by atoms with E-state index in [1.807, 2.05) is 31.5 Å². The summed E-state index contributed by atoms with van der Waals surface area (Å²) in [6.45, 7) is 9.64. The molecule has 6 heteroatoms. The molecule has 0 aliphatic carbocycles. The van der Waals surface area contributed by atoms with Crippen LogP contribution in [-0.4, -0.2) is 46.0 Å². The summed E-state index contributed by atoms with van der Waals surface area (Å²) in [5.74, 6) is -0.203. The molecular weight excluding hydrogens is 282 g/mol. The Morgan fingerprint density at radius 1 is 1.27 bits per heavy atom. The molecule has 0 aliphatic heterocycles. The van der Waals surface area contributed by atoms with Gasteiger partial charge in [-0.1, -0.05) is 20.8 Å². The number of aryl methyl sites for hydroxylation is 1. The van der Waals surface area contributed by atoms with E-state index in [0.717, 1.165) is 13.0 Å². The Hall–Kier alpha value is -1.85. The van der Waals surface area contributed by atoms with Crippen LogP contribution in [0.2, 0.25) is 0 Å². The number of hydrogen-bond acceptors (Lipinski definition) is 4. The maximum atomic E-state index is 12.5. The zero-order chi connectivity index (χ0) is 16.6. The molecule has 1 rings (SSSR count). The Bertz CT molecular complexity index is 463. The molecule has 6 nitrogen and oxygen atoms in total. The highest BCUT2D eigenvalue weighted by Gasteiger charge is 2.27. The molecule has 1 aromatic rings. The molecule has 0 unspecified atom stereocenters. The topological polar surface area (TPSA) is 64.4 Å². The summed E-state index contributed by atoms with van der Waals surface area (Å²) in [6, 6.07) is 0. The highest BCUT2D eigenvalue weighted by molar-refractivity contribution is 5.82. The van der Waals surface area contributed by atoms with Crippen molar-refractivity contribution in [2.45, 2.75) is 47.1 Å². The minimum atomic E-state index is -0.455. The number of aromatic nitrogens is 2. The van der Waals surface area contributed by atoms with Crippen LogP contribution in [0.5, 0.6) is 0 Å². The third kappa shape index (κ3) is 6.28. The van der Waals surface area contributed by atoms with Gasteiger partial charge in [0, 0.05) is 37.4 Å². The fourth-order valence-corrected chi connectivity index (χ4v) is 2.11. The lowest BCUT2D eigenvalue weighted by atomic mass is 9.94. The van der Waals surface area contributed by atoms with Crippen molar-refractivity contribution < 1.29 is 14.3 Å². The van der Waals surface area contributed by atoms with E-state index in [2.05, 4.69) is 4.98 Å². The lowest BCUT2D eigenvalue weighted by molar-refractivity contribution is -0.145. The van der Waals surface area contributed by atoms with Crippen molar-refractivity contribution in [3.63, 3.8) is 0 Å². The highest BCUT2D eigenvalue weighted by Crippen LogP contribution is 2.18. The number of amides is 1. The number of imidazole rings is 1. The van der Waals surface area contributed by atoms with E-state index >= 15 is 0 Å². The fourth-order valence-electron chi connectivity index (χ4n) is 2.11. The molecule has 0 spiro atoms. The SMILES string of the molecule is CCOC(=O)CCN(CCCn1ccnc1)C(=O)C(C)(C)C. The summed E-state index contributed by atoms with van der Waals surface area (Å²) in [4.78, 5) is 29.7.